The van der Waals surface area contributed by atoms with Crippen molar-refractivity contribution in [3.8, 4) is 0 Å². The number of hydrogen-bond donors (Lipinski definition) is 1. The molecule has 2 rings (SSSR count). The van der Waals surface area contributed by atoms with Gasteiger partial charge in [0.1, 0.15) is 5.82 Å². The molecule has 16 heavy (non-hydrogen) atoms. The smallest absolute Gasteiger partial charge is 0.140 e. The molecule has 0 aromatic carbocycles. The summed E-state index contributed by atoms with van der Waals surface area (Å²) in [6.07, 6.45) is 2.73. The number of aromatic nitrogens is 2. The number of rotatable bonds is 4. The highest BCUT2D eigenvalue weighted by Crippen LogP contribution is 2.22. The van der Waals surface area contributed by atoms with Crippen LogP contribution in [-0.2, 0) is 6.42 Å². The molecule has 0 aliphatic rings. The summed E-state index contributed by atoms with van der Waals surface area (Å²) in [4.78, 5) is 8.52. The molecule has 0 radical (unpaired) electrons. The van der Waals surface area contributed by atoms with Gasteiger partial charge in [-0.2, -0.15) is 0 Å². The van der Waals surface area contributed by atoms with Crippen molar-refractivity contribution >= 4 is 33.1 Å². The standard InChI is InChI=1S/C11H12BrN3S/c1-8-2-4-13-11(10(8)12)14-5-3-9-6-16-7-15-9/h2,4,6-7H,3,5H2,1H3,(H,13,14). The van der Waals surface area contributed by atoms with Crippen LogP contribution in [-0.4, -0.2) is 16.5 Å². The van der Waals surface area contributed by atoms with Gasteiger partial charge in [-0.3, -0.25) is 0 Å². The van der Waals surface area contributed by atoms with Gasteiger partial charge >= 0.3 is 0 Å². The van der Waals surface area contributed by atoms with Gasteiger partial charge in [0, 0.05) is 24.5 Å². The maximum Gasteiger partial charge on any atom is 0.140 e. The van der Waals surface area contributed by atoms with Gasteiger partial charge in [0.25, 0.3) is 0 Å². The molecule has 84 valence electrons. The highest BCUT2D eigenvalue weighted by Gasteiger charge is 2.03. The lowest BCUT2D eigenvalue weighted by Gasteiger charge is -2.07. The Labute approximate surface area is 107 Å². The van der Waals surface area contributed by atoms with E-state index < -0.39 is 0 Å². The summed E-state index contributed by atoms with van der Waals surface area (Å²) in [5, 5.41) is 5.37. The number of nitrogens with one attached hydrogen (secondary N) is 1. The minimum absolute atomic E-state index is 0.846. The van der Waals surface area contributed by atoms with Gasteiger partial charge in [-0.25, -0.2) is 9.97 Å². The van der Waals surface area contributed by atoms with Crippen LogP contribution >= 0.6 is 27.3 Å². The molecule has 3 nitrogen and oxygen atoms in total. The quantitative estimate of drug-likeness (QED) is 0.941. The van der Waals surface area contributed by atoms with E-state index in [9.17, 15) is 0 Å². The first-order valence-corrected chi connectivity index (χ1v) is 6.73. The number of thiazole rings is 1. The van der Waals surface area contributed by atoms with Crippen molar-refractivity contribution in [2.45, 2.75) is 13.3 Å². The van der Waals surface area contributed by atoms with Crippen molar-refractivity contribution in [1.29, 1.82) is 0 Å². The fourth-order valence-electron chi connectivity index (χ4n) is 1.33. The lowest BCUT2D eigenvalue weighted by Crippen LogP contribution is -2.07. The van der Waals surface area contributed by atoms with Crippen LogP contribution in [0.5, 0.6) is 0 Å². The average molecular weight is 298 g/mol. The van der Waals surface area contributed by atoms with Crippen LogP contribution in [0.3, 0.4) is 0 Å². The largest absolute Gasteiger partial charge is 0.369 e. The molecule has 0 saturated carbocycles. The predicted molar refractivity (Wildman–Crippen MR) is 71.0 cm³/mol. The Morgan fingerprint density at radius 1 is 1.44 bits per heavy atom. The topological polar surface area (TPSA) is 37.8 Å². The second-order valence-electron chi connectivity index (χ2n) is 3.45. The van der Waals surface area contributed by atoms with E-state index in [0.717, 1.165) is 29.0 Å². The maximum atomic E-state index is 4.28. The van der Waals surface area contributed by atoms with Crippen LogP contribution in [0, 0.1) is 6.92 Å². The van der Waals surface area contributed by atoms with Crippen LogP contribution in [0.15, 0.2) is 27.6 Å². The maximum absolute atomic E-state index is 4.28. The van der Waals surface area contributed by atoms with Gasteiger partial charge in [0.15, 0.2) is 0 Å². The molecule has 0 aliphatic carbocycles. The lowest BCUT2D eigenvalue weighted by molar-refractivity contribution is 0.965. The number of halogens is 1. The molecule has 0 unspecified atom stereocenters. The molecular weight excluding hydrogens is 286 g/mol. The lowest BCUT2D eigenvalue weighted by atomic mass is 10.3. The number of anilines is 1. The average Bonchev–Trinajstić information content (AvgIpc) is 2.77. The minimum Gasteiger partial charge on any atom is -0.369 e. The molecule has 2 heterocycles. The molecule has 0 aliphatic heterocycles. The zero-order chi connectivity index (χ0) is 11.4. The molecule has 2 aromatic rings. The van der Waals surface area contributed by atoms with E-state index in [1.807, 2.05) is 17.8 Å². The summed E-state index contributed by atoms with van der Waals surface area (Å²) < 4.78 is 1.04. The number of pyridine rings is 1. The molecule has 5 heteroatoms. The van der Waals surface area contributed by atoms with Gasteiger partial charge in [-0.05, 0) is 34.5 Å². The first-order valence-electron chi connectivity index (χ1n) is 4.99. The van der Waals surface area contributed by atoms with Crippen molar-refractivity contribution < 1.29 is 0 Å². The van der Waals surface area contributed by atoms with E-state index in [1.54, 1.807) is 11.3 Å². The summed E-state index contributed by atoms with van der Waals surface area (Å²) >= 11 is 5.15. The Bertz CT molecular complexity index is 456. The third-order valence-electron chi connectivity index (χ3n) is 2.24. The SMILES string of the molecule is Cc1ccnc(NCCc2cscn2)c1Br. The number of hydrogen-bond acceptors (Lipinski definition) is 4. The minimum atomic E-state index is 0.846. The molecule has 1 N–H and O–H groups in total. The number of aryl methyl sites for hydroxylation is 1. The Hall–Kier alpha value is -0.940. The molecule has 0 saturated heterocycles. The van der Waals surface area contributed by atoms with Crippen molar-refractivity contribution in [2.75, 3.05) is 11.9 Å². The molecule has 0 atom stereocenters. The van der Waals surface area contributed by atoms with Gasteiger partial charge in [-0.15, -0.1) is 11.3 Å². The van der Waals surface area contributed by atoms with Gasteiger partial charge in [-0.1, -0.05) is 0 Å². The summed E-state index contributed by atoms with van der Waals surface area (Å²) in [5.74, 6) is 0.898. The molecule has 2 aromatic heterocycles. The summed E-state index contributed by atoms with van der Waals surface area (Å²) in [6, 6.07) is 1.98. The van der Waals surface area contributed by atoms with Crippen LogP contribution in [0.25, 0.3) is 0 Å². The molecular formula is C11H12BrN3S. The summed E-state index contributed by atoms with van der Waals surface area (Å²) in [6.45, 7) is 2.90. The first-order chi connectivity index (χ1) is 7.77. The van der Waals surface area contributed by atoms with Crippen LogP contribution < -0.4 is 5.32 Å². The van der Waals surface area contributed by atoms with E-state index in [1.165, 1.54) is 5.56 Å². The highest BCUT2D eigenvalue weighted by molar-refractivity contribution is 9.10. The zero-order valence-corrected chi connectivity index (χ0v) is 11.3. The Morgan fingerprint density at radius 2 is 2.31 bits per heavy atom. The molecule has 0 amide bonds. The molecule has 0 fully saturated rings. The van der Waals surface area contributed by atoms with Gasteiger partial charge < -0.3 is 5.32 Å². The van der Waals surface area contributed by atoms with E-state index >= 15 is 0 Å². The highest BCUT2D eigenvalue weighted by atomic mass is 79.9. The second-order valence-corrected chi connectivity index (χ2v) is 4.96. The van der Waals surface area contributed by atoms with Gasteiger partial charge in [0.2, 0.25) is 0 Å². The van der Waals surface area contributed by atoms with Crippen LogP contribution in [0.2, 0.25) is 0 Å². The zero-order valence-electron chi connectivity index (χ0n) is 8.90. The van der Waals surface area contributed by atoms with E-state index in [2.05, 4.69) is 43.5 Å². The normalized spacial score (nSPS) is 10.4. The fraction of sp³-hybridized carbons (Fsp3) is 0.273. The summed E-state index contributed by atoms with van der Waals surface area (Å²) in [5.41, 5.74) is 4.17. The van der Waals surface area contributed by atoms with E-state index in [0.29, 0.717) is 0 Å². The third kappa shape index (κ3) is 2.80. The second kappa shape index (κ2) is 5.41. The van der Waals surface area contributed by atoms with Crippen molar-refractivity contribution in [1.82, 2.24) is 9.97 Å². The van der Waals surface area contributed by atoms with Crippen LogP contribution in [0.1, 0.15) is 11.3 Å². The van der Waals surface area contributed by atoms with Crippen LogP contribution in [0.4, 0.5) is 5.82 Å². The first kappa shape index (κ1) is 11.5. The van der Waals surface area contributed by atoms with Gasteiger partial charge in [0.05, 0.1) is 15.7 Å². The van der Waals surface area contributed by atoms with Crippen molar-refractivity contribution in [2.24, 2.45) is 0 Å². The fourth-order valence-corrected chi connectivity index (χ4v) is 2.30. The van der Waals surface area contributed by atoms with Crippen molar-refractivity contribution in [3.05, 3.63) is 38.9 Å². The Kier molecular flexibility index (Phi) is 3.90. The van der Waals surface area contributed by atoms with E-state index in [4.69, 9.17) is 0 Å². The molecule has 0 bridgehead atoms. The Balaban J connectivity index is 1.92. The monoisotopic (exact) mass is 297 g/mol. The summed E-state index contributed by atoms with van der Waals surface area (Å²) in [7, 11) is 0. The third-order valence-corrected chi connectivity index (χ3v) is 3.88. The number of nitrogens with zero attached hydrogens (tertiary/aromatic N) is 2. The predicted octanol–water partition coefficient (Wildman–Crippen LogP) is 3.26. The molecule has 0 spiro atoms. The van der Waals surface area contributed by atoms with Crippen molar-refractivity contribution in [3.63, 3.8) is 0 Å². The Morgan fingerprint density at radius 3 is 3.06 bits per heavy atom. The van der Waals surface area contributed by atoms with E-state index in [-0.39, 0.29) is 0 Å².